The first-order valence-corrected chi connectivity index (χ1v) is 10.0. The monoisotopic (exact) mass is 417 g/mol. The summed E-state index contributed by atoms with van der Waals surface area (Å²) in [5.74, 6) is 1.24. The van der Waals surface area contributed by atoms with Crippen molar-refractivity contribution in [2.45, 2.75) is 12.8 Å². The first-order valence-electron chi connectivity index (χ1n) is 9.21. The number of piperazine rings is 1. The molecule has 0 bridgehead atoms. The van der Waals surface area contributed by atoms with Gasteiger partial charge in [-0.1, -0.05) is 17.4 Å². The molecule has 152 valence electrons. The molecule has 10 heteroatoms. The predicted octanol–water partition coefficient (Wildman–Crippen LogP) is 2.30. The summed E-state index contributed by atoms with van der Waals surface area (Å²) in [5.41, 5.74) is 1.01. The first kappa shape index (κ1) is 19.2. The number of carbonyl (C=O) groups is 2. The van der Waals surface area contributed by atoms with Crippen molar-refractivity contribution < 1.29 is 24.0 Å². The largest absolute Gasteiger partial charge is 0.454 e. The van der Waals surface area contributed by atoms with Gasteiger partial charge in [-0.15, -0.1) is 0 Å². The second kappa shape index (κ2) is 8.08. The maximum atomic E-state index is 12.5. The lowest BCUT2D eigenvalue weighted by Crippen LogP contribution is -2.50. The minimum absolute atomic E-state index is 0.0431. The van der Waals surface area contributed by atoms with E-state index in [9.17, 15) is 19.7 Å². The Morgan fingerprint density at radius 1 is 1.03 bits per heavy atom. The molecule has 0 spiro atoms. The van der Waals surface area contributed by atoms with Gasteiger partial charge in [0, 0.05) is 38.7 Å². The van der Waals surface area contributed by atoms with Crippen LogP contribution in [0, 0.1) is 10.1 Å². The normalized spacial score (nSPS) is 15.4. The number of nitro groups is 1. The third kappa shape index (κ3) is 4.16. The molecule has 2 aromatic rings. The number of thiophene rings is 1. The molecule has 1 aromatic carbocycles. The van der Waals surface area contributed by atoms with Crippen LogP contribution in [-0.2, 0) is 11.2 Å². The van der Waals surface area contributed by atoms with Crippen LogP contribution in [0.25, 0.3) is 0 Å². The van der Waals surface area contributed by atoms with E-state index in [1.807, 2.05) is 18.2 Å². The molecular formula is C19H19N3O6S. The summed E-state index contributed by atoms with van der Waals surface area (Å²) in [5, 5.41) is 10.7. The Balaban J connectivity index is 1.27. The van der Waals surface area contributed by atoms with Gasteiger partial charge in [-0.25, -0.2) is 0 Å². The molecule has 29 heavy (non-hydrogen) atoms. The SMILES string of the molecule is O=C(CCc1ccc2c(c1)OCO2)N1CCN(C(=O)c2ccc([N+](=O)[O-])s2)CC1. The van der Waals surface area contributed by atoms with Crippen molar-refractivity contribution in [2.75, 3.05) is 33.0 Å². The average molecular weight is 417 g/mol. The fraction of sp³-hybridized carbons (Fsp3) is 0.368. The van der Waals surface area contributed by atoms with Crippen LogP contribution in [0.3, 0.4) is 0 Å². The molecule has 2 aliphatic heterocycles. The third-order valence-electron chi connectivity index (χ3n) is 4.97. The zero-order chi connectivity index (χ0) is 20.4. The zero-order valence-electron chi connectivity index (χ0n) is 15.5. The van der Waals surface area contributed by atoms with E-state index < -0.39 is 4.92 Å². The topological polar surface area (TPSA) is 102 Å². The molecule has 9 nitrogen and oxygen atoms in total. The zero-order valence-corrected chi connectivity index (χ0v) is 16.4. The third-order valence-corrected chi connectivity index (χ3v) is 5.99. The summed E-state index contributed by atoms with van der Waals surface area (Å²) in [6, 6.07) is 8.49. The highest BCUT2D eigenvalue weighted by molar-refractivity contribution is 7.17. The van der Waals surface area contributed by atoms with Gasteiger partial charge in [-0.3, -0.25) is 19.7 Å². The van der Waals surface area contributed by atoms with Gasteiger partial charge in [-0.05, 0) is 30.2 Å². The molecular weight excluding hydrogens is 398 g/mol. The lowest BCUT2D eigenvalue weighted by atomic mass is 10.1. The minimum Gasteiger partial charge on any atom is -0.454 e. The van der Waals surface area contributed by atoms with Crippen LogP contribution in [-0.4, -0.2) is 59.5 Å². The van der Waals surface area contributed by atoms with E-state index in [0.717, 1.165) is 22.6 Å². The van der Waals surface area contributed by atoms with E-state index in [0.29, 0.717) is 49.6 Å². The molecule has 0 saturated carbocycles. The van der Waals surface area contributed by atoms with Crippen molar-refractivity contribution in [1.29, 1.82) is 0 Å². The van der Waals surface area contributed by atoms with Crippen LogP contribution in [0.4, 0.5) is 5.00 Å². The van der Waals surface area contributed by atoms with Crippen LogP contribution < -0.4 is 9.47 Å². The summed E-state index contributed by atoms with van der Waals surface area (Å²) in [4.78, 5) is 39.1. The summed E-state index contributed by atoms with van der Waals surface area (Å²) < 4.78 is 10.6. The number of benzene rings is 1. The summed E-state index contributed by atoms with van der Waals surface area (Å²) in [7, 11) is 0. The minimum atomic E-state index is -0.502. The summed E-state index contributed by atoms with van der Waals surface area (Å²) in [6.07, 6.45) is 0.984. The Morgan fingerprint density at radius 3 is 2.48 bits per heavy atom. The van der Waals surface area contributed by atoms with Crippen LogP contribution in [0.1, 0.15) is 21.7 Å². The van der Waals surface area contributed by atoms with Crippen LogP contribution in [0.2, 0.25) is 0 Å². The van der Waals surface area contributed by atoms with E-state index in [2.05, 4.69) is 0 Å². The second-order valence-corrected chi connectivity index (χ2v) is 7.82. The average Bonchev–Trinajstić information content (AvgIpc) is 3.41. The number of amides is 2. The fourth-order valence-corrected chi connectivity index (χ4v) is 4.15. The molecule has 0 N–H and O–H groups in total. The second-order valence-electron chi connectivity index (χ2n) is 6.76. The molecule has 0 atom stereocenters. The fourth-order valence-electron chi connectivity index (χ4n) is 3.36. The van der Waals surface area contributed by atoms with Crippen molar-refractivity contribution in [3.63, 3.8) is 0 Å². The number of hydrogen-bond acceptors (Lipinski definition) is 7. The van der Waals surface area contributed by atoms with Crippen LogP contribution >= 0.6 is 11.3 Å². The number of nitrogens with zero attached hydrogens (tertiary/aromatic N) is 3. The van der Waals surface area contributed by atoms with Crippen molar-refractivity contribution >= 4 is 28.2 Å². The van der Waals surface area contributed by atoms with Gasteiger partial charge in [0.1, 0.15) is 0 Å². The number of carbonyl (C=O) groups excluding carboxylic acids is 2. The Bertz CT molecular complexity index is 951. The molecule has 1 saturated heterocycles. The summed E-state index contributed by atoms with van der Waals surface area (Å²) >= 11 is 0.874. The molecule has 4 rings (SSSR count). The highest BCUT2D eigenvalue weighted by Gasteiger charge is 2.26. The van der Waals surface area contributed by atoms with E-state index >= 15 is 0 Å². The molecule has 0 unspecified atom stereocenters. The smallest absolute Gasteiger partial charge is 0.324 e. The first-order chi connectivity index (χ1) is 14.0. The standard InChI is InChI=1S/C19H19N3O6S/c23-17(5-2-13-1-3-14-15(11-13)28-12-27-14)20-7-9-21(10-8-20)19(24)16-4-6-18(29-16)22(25)26/h1,3-4,6,11H,2,5,7-10,12H2. The quantitative estimate of drug-likeness (QED) is 0.546. The van der Waals surface area contributed by atoms with Crippen molar-refractivity contribution in [3.05, 3.63) is 50.9 Å². The molecule has 2 amide bonds. The van der Waals surface area contributed by atoms with Crippen molar-refractivity contribution in [3.8, 4) is 11.5 Å². The predicted molar refractivity (Wildman–Crippen MR) is 104 cm³/mol. The molecule has 2 aliphatic rings. The van der Waals surface area contributed by atoms with Gasteiger partial charge in [0.25, 0.3) is 5.91 Å². The molecule has 0 aliphatic carbocycles. The van der Waals surface area contributed by atoms with E-state index in [-0.39, 0.29) is 23.6 Å². The Kier molecular flexibility index (Phi) is 5.34. The number of aryl methyl sites for hydroxylation is 1. The Morgan fingerprint density at radius 2 is 1.76 bits per heavy atom. The van der Waals surface area contributed by atoms with Crippen molar-refractivity contribution in [2.24, 2.45) is 0 Å². The van der Waals surface area contributed by atoms with Gasteiger partial charge in [0.15, 0.2) is 11.5 Å². The van der Waals surface area contributed by atoms with Gasteiger partial charge in [0.2, 0.25) is 12.7 Å². The Labute approximate surface area is 170 Å². The molecule has 0 radical (unpaired) electrons. The maximum absolute atomic E-state index is 12.5. The van der Waals surface area contributed by atoms with E-state index in [4.69, 9.17) is 9.47 Å². The lowest BCUT2D eigenvalue weighted by Gasteiger charge is -2.34. The van der Waals surface area contributed by atoms with Gasteiger partial charge < -0.3 is 19.3 Å². The Hall–Kier alpha value is -3.14. The lowest BCUT2D eigenvalue weighted by molar-refractivity contribution is -0.380. The van der Waals surface area contributed by atoms with Gasteiger partial charge in [0.05, 0.1) is 9.80 Å². The van der Waals surface area contributed by atoms with Crippen LogP contribution in [0.5, 0.6) is 11.5 Å². The highest BCUT2D eigenvalue weighted by atomic mass is 32.1. The molecule has 1 fully saturated rings. The number of rotatable bonds is 5. The van der Waals surface area contributed by atoms with Crippen LogP contribution in [0.15, 0.2) is 30.3 Å². The molecule has 1 aromatic heterocycles. The number of fused-ring (bicyclic) bond motifs is 1. The van der Waals surface area contributed by atoms with E-state index in [1.165, 1.54) is 12.1 Å². The maximum Gasteiger partial charge on any atom is 0.324 e. The number of hydrogen-bond donors (Lipinski definition) is 0. The summed E-state index contributed by atoms with van der Waals surface area (Å²) in [6.45, 7) is 1.97. The van der Waals surface area contributed by atoms with E-state index in [1.54, 1.807) is 9.80 Å². The van der Waals surface area contributed by atoms with Crippen molar-refractivity contribution in [1.82, 2.24) is 9.80 Å². The molecule has 3 heterocycles. The van der Waals surface area contributed by atoms with Gasteiger partial charge in [-0.2, -0.15) is 0 Å². The van der Waals surface area contributed by atoms with Gasteiger partial charge >= 0.3 is 5.00 Å². The number of ether oxygens (including phenoxy) is 2. The highest BCUT2D eigenvalue weighted by Crippen LogP contribution is 2.32.